The molecule has 2 heterocycles. The summed E-state index contributed by atoms with van der Waals surface area (Å²) in [6, 6.07) is 2.89. The van der Waals surface area contributed by atoms with Crippen molar-refractivity contribution in [2.24, 2.45) is 0 Å². The molecule has 1 N–H and O–H groups in total. The zero-order valence-electron chi connectivity index (χ0n) is 16.4. The number of nitrogens with zero attached hydrogens (tertiary/aromatic N) is 3. The Morgan fingerprint density at radius 1 is 1.28 bits per heavy atom. The molecule has 0 aliphatic carbocycles. The molecule has 8 nitrogen and oxygen atoms in total. The second-order valence-corrected chi connectivity index (χ2v) is 7.41. The average Bonchev–Trinajstić information content (AvgIpc) is 3.01. The summed E-state index contributed by atoms with van der Waals surface area (Å²) in [4.78, 5) is 31.0. The van der Waals surface area contributed by atoms with Gasteiger partial charge in [0, 0.05) is 13.5 Å². The summed E-state index contributed by atoms with van der Waals surface area (Å²) in [7, 11) is 0. The highest BCUT2D eigenvalue weighted by molar-refractivity contribution is 7.16. The third kappa shape index (κ3) is 4.53. The fourth-order valence-corrected chi connectivity index (χ4v) is 3.70. The van der Waals surface area contributed by atoms with Gasteiger partial charge in [0.15, 0.2) is 11.6 Å². The maximum Gasteiger partial charge on any atom is 0.308 e. The lowest BCUT2D eigenvalue weighted by Crippen LogP contribution is -2.41. The monoisotopic (exact) mass is 420 g/mol. The number of benzene rings is 1. The minimum absolute atomic E-state index is 0.0439. The first-order chi connectivity index (χ1) is 13.8. The molecule has 1 aromatic carbocycles. The van der Waals surface area contributed by atoms with Gasteiger partial charge in [0.2, 0.25) is 17.7 Å². The molecule has 0 fully saturated rings. The average molecular weight is 420 g/mol. The Morgan fingerprint density at radius 3 is 2.59 bits per heavy atom. The molecular weight excluding hydrogens is 399 g/mol. The quantitative estimate of drug-likeness (QED) is 0.631. The van der Waals surface area contributed by atoms with Crippen molar-refractivity contribution in [2.45, 2.75) is 46.4 Å². The number of ether oxygens (including phenoxy) is 2. The highest BCUT2D eigenvalue weighted by Crippen LogP contribution is 2.31. The lowest BCUT2D eigenvalue weighted by Gasteiger charge is -2.21. The van der Waals surface area contributed by atoms with Crippen LogP contribution in [0.1, 0.15) is 27.7 Å². The number of carbonyl (C=O) groups excluding carboxylic acids is 1. The molecule has 0 saturated carbocycles. The molecule has 154 valence electrons. The molecule has 0 saturated heterocycles. The summed E-state index contributed by atoms with van der Waals surface area (Å²) in [6.07, 6.45) is 2.34. The van der Waals surface area contributed by atoms with Crippen LogP contribution in [0.2, 0.25) is 0 Å². The van der Waals surface area contributed by atoms with E-state index in [1.54, 1.807) is 13.0 Å². The van der Waals surface area contributed by atoms with E-state index in [-0.39, 0.29) is 45.1 Å². The summed E-state index contributed by atoms with van der Waals surface area (Å²) in [5.74, 6) is -0.480. The maximum absolute atomic E-state index is 14.8. The van der Waals surface area contributed by atoms with Gasteiger partial charge in [0.1, 0.15) is 6.10 Å². The zero-order chi connectivity index (χ0) is 21.1. The summed E-state index contributed by atoms with van der Waals surface area (Å²) < 4.78 is 27.6. The van der Waals surface area contributed by atoms with Gasteiger partial charge in [0.25, 0.3) is 0 Å². The smallest absolute Gasteiger partial charge is 0.308 e. The first kappa shape index (κ1) is 20.7. The first-order valence-corrected chi connectivity index (χ1v) is 9.87. The molecule has 0 bridgehead atoms. The number of nitrogens with one attached hydrogen (secondary N) is 1. The molecule has 29 heavy (non-hydrogen) atoms. The fraction of sp³-hybridized carbons (Fsp3) is 0.368. The van der Waals surface area contributed by atoms with Gasteiger partial charge < -0.3 is 14.8 Å². The second-order valence-electron chi connectivity index (χ2n) is 6.45. The van der Waals surface area contributed by atoms with Crippen LogP contribution in [0, 0.1) is 5.82 Å². The van der Waals surface area contributed by atoms with Crippen LogP contribution < -0.4 is 19.7 Å². The van der Waals surface area contributed by atoms with Crippen LogP contribution in [0.3, 0.4) is 0 Å². The lowest BCUT2D eigenvalue weighted by atomic mass is 10.2. The fourth-order valence-electron chi connectivity index (χ4n) is 2.72. The Kier molecular flexibility index (Phi) is 6.12. The van der Waals surface area contributed by atoms with E-state index in [2.05, 4.69) is 15.3 Å². The van der Waals surface area contributed by atoms with Crippen LogP contribution in [0.5, 0.6) is 17.5 Å². The van der Waals surface area contributed by atoms with Crippen LogP contribution in [-0.4, -0.2) is 32.6 Å². The number of carbonyl (C=O) groups is 1. The summed E-state index contributed by atoms with van der Waals surface area (Å²) in [6.45, 7) is 7.33. The first-order valence-electron chi connectivity index (χ1n) is 9.05. The topological polar surface area (TPSA) is 95.3 Å². The number of fused-ring (bicyclic) bond motifs is 1. The number of hydrogen-bond acceptors (Lipinski definition) is 7. The molecule has 3 aromatic rings. The Hall–Kier alpha value is -3.01. The van der Waals surface area contributed by atoms with E-state index in [0.29, 0.717) is 12.1 Å². The molecule has 0 unspecified atom stereocenters. The van der Waals surface area contributed by atoms with Gasteiger partial charge in [-0.25, -0.2) is 14.4 Å². The van der Waals surface area contributed by atoms with E-state index in [4.69, 9.17) is 9.47 Å². The molecule has 10 heteroatoms. The Balaban J connectivity index is 1.74. The van der Waals surface area contributed by atoms with Crippen molar-refractivity contribution in [1.82, 2.24) is 19.9 Å². The number of thiazole rings is 1. The third-order valence-electron chi connectivity index (χ3n) is 4.32. The highest BCUT2D eigenvalue weighted by atomic mass is 32.1. The number of aryl methyl sites for hydroxylation is 1. The van der Waals surface area contributed by atoms with E-state index in [1.807, 2.05) is 13.8 Å². The van der Waals surface area contributed by atoms with Crippen molar-refractivity contribution >= 4 is 27.5 Å². The van der Waals surface area contributed by atoms with Crippen LogP contribution >= 0.6 is 11.3 Å². The Labute approximate surface area is 170 Å². The molecule has 2 atom stereocenters. The molecule has 0 aliphatic rings. The van der Waals surface area contributed by atoms with Crippen molar-refractivity contribution in [3.05, 3.63) is 40.0 Å². The summed E-state index contributed by atoms with van der Waals surface area (Å²) in [5.41, 5.74) is 0.532. The van der Waals surface area contributed by atoms with Crippen molar-refractivity contribution < 1.29 is 18.7 Å². The molecule has 0 spiro atoms. The zero-order valence-corrected chi connectivity index (χ0v) is 17.2. The predicted molar refractivity (Wildman–Crippen MR) is 107 cm³/mol. The highest BCUT2D eigenvalue weighted by Gasteiger charge is 2.17. The van der Waals surface area contributed by atoms with Gasteiger partial charge in [-0.2, -0.15) is 0 Å². The van der Waals surface area contributed by atoms with Crippen molar-refractivity contribution in [2.75, 3.05) is 0 Å². The normalized spacial score (nSPS) is 13.1. The van der Waals surface area contributed by atoms with Gasteiger partial charge in [0.05, 0.1) is 28.7 Å². The predicted octanol–water partition coefficient (Wildman–Crippen LogP) is 3.10. The number of hydrogen-bond donors (Lipinski definition) is 1. The summed E-state index contributed by atoms with van der Waals surface area (Å²) in [5, 5.41) is 2.74. The molecule has 0 aliphatic heterocycles. The van der Waals surface area contributed by atoms with E-state index in [1.165, 1.54) is 30.0 Å². The van der Waals surface area contributed by atoms with Crippen LogP contribution in [0.4, 0.5) is 4.39 Å². The van der Waals surface area contributed by atoms with E-state index < -0.39 is 5.82 Å². The van der Waals surface area contributed by atoms with Gasteiger partial charge in [-0.3, -0.25) is 14.2 Å². The van der Waals surface area contributed by atoms with Crippen molar-refractivity contribution in [1.29, 1.82) is 0 Å². The molecule has 0 radical (unpaired) electrons. The standard InChI is InChI=1S/C19H21FN4O4S/c1-5-24-13-6-7-14(17(20)18(13)29-19(24)26)28-16-9-21-15(8-22-16)27-11(3)10(2)23-12(4)25/h6-11H,5H2,1-4H3,(H,23,25)/t10-,11+/m0/s1. The van der Waals surface area contributed by atoms with Crippen LogP contribution in [0.15, 0.2) is 29.3 Å². The van der Waals surface area contributed by atoms with Gasteiger partial charge in [-0.15, -0.1) is 0 Å². The molecular formula is C19H21FN4O4S. The Bertz CT molecular complexity index is 1080. The number of amides is 1. The molecule has 2 aromatic heterocycles. The van der Waals surface area contributed by atoms with Crippen LogP contribution in [-0.2, 0) is 11.3 Å². The van der Waals surface area contributed by atoms with Crippen LogP contribution in [0.25, 0.3) is 10.2 Å². The summed E-state index contributed by atoms with van der Waals surface area (Å²) >= 11 is 0.837. The molecule has 1 amide bonds. The van der Waals surface area contributed by atoms with Crippen molar-refractivity contribution in [3.8, 4) is 17.5 Å². The largest absolute Gasteiger partial charge is 0.471 e. The van der Waals surface area contributed by atoms with E-state index >= 15 is 0 Å². The van der Waals surface area contributed by atoms with Gasteiger partial charge in [-0.05, 0) is 32.9 Å². The minimum atomic E-state index is -0.614. The maximum atomic E-state index is 14.8. The number of rotatable bonds is 7. The SMILES string of the molecule is CCn1c(=O)sc2c(F)c(Oc3cnc(O[C@H](C)[C@H](C)NC(C)=O)cn3)ccc21. The Morgan fingerprint density at radius 2 is 1.97 bits per heavy atom. The van der Waals surface area contributed by atoms with Gasteiger partial charge in [-0.1, -0.05) is 11.3 Å². The lowest BCUT2D eigenvalue weighted by molar-refractivity contribution is -0.120. The number of aromatic nitrogens is 3. The number of halogens is 1. The van der Waals surface area contributed by atoms with E-state index in [9.17, 15) is 14.0 Å². The molecule has 3 rings (SSSR count). The second kappa shape index (κ2) is 8.56. The minimum Gasteiger partial charge on any atom is -0.471 e. The van der Waals surface area contributed by atoms with E-state index in [0.717, 1.165) is 11.3 Å². The third-order valence-corrected chi connectivity index (χ3v) is 5.31. The van der Waals surface area contributed by atoms with Gasteiger partial charge >= 0.3 is 4.87 Å². The van der Waals surface area contributed by atoms with Crippen molar-refractivity contribution in [3.63, 3.8) is 0 Å².